The number of carbonyl (C=O) groups excluding carboxylic acids is 1. The predicted octanol–water partition coefficient (Wildman–Crippen LogP) is 4.03. The predicted molar refractivity (Wildman–Crippen MR) is 87.5 cm³/mol. The molecular weight excluding hydrogens is 328 g/mol. The van der Waals surface area contributed by atoms with Gasteiger partial charge in [0.05, 0.1) is 17.3 Å². The van der Waals surface area contributed by atoms with E-state index in [0.29, 0.717) is 11.1 Å². The van der Waals surface area contributed by atoms with E-state index in [0.717, 1.165) is 10.2 Å². The van der Waals surface area contributed by atoms with Crippen LogP contribution in [0, 0.1) is 11.3 Å². The first-order valence-corrected chi connectivity index (χ1v) is 7.35. The Morgan fingerprint density at radius 2 is 1.81 bits per heavy atom. The molecule has 2 aromatic carbocycles. The third-order valence-electron chi connectivity index (χ3n) is 3.49. The Morgan fingerprint density at radius 3 is 2.43 bits per heavy atom. The smallest absolute Gasteiger partial charge is 0.184 e. The quantitative estimate of drug-likeness (QED) is 0.788. The number of benzene rings is 2. The first kappa shape index (κ1) is 15.3. The first-order chi connectivity index (χ1) is 10.0. The van der Waals surface area contributed by atoms with Crippen molar-refractivity contribution in [1.29, 1.82) is 5.26 Å². The molecule has 2 rings (SSSR count). The van der Waals surface area contributed by atoms with Crippen LogP contribution in [0.15, 0.2) is 53.0 Å². The fourth-order valence-electron chi connectivity index (χ4n) is 2.12. The number of hydrogen-bond donors (Lipinski definition) is 0. The summed E-state index contributed by atoms with van der Waals surface area (Å²) in [4.78, 5) is 14.4. The zero-order valence-corrected chi connectivity index (χ0v) is 13.5. The summed E-state index contributed by atoms with van der Waals surface area (Å²) in [5.74, 6) is 0.0257. The minimum absolute atomic E-state index is 0.0257. The number of rotatable bonds is 4. The van der Waals surface area contributed by atoms with Crippen LogP contribution in [-0.4, -0.2) is 18.9 Å². The summed E-state index contributed by atoms with van der Waals surface area (Å²) in [5, 5.41) is 9.17. The lowest BCUT2D eigenvalue weighted by atomic mass is 10.0. The van der Waals surface area contributed by atoms with Crippen LogP contribution >= 0.6 is 15.9 Å². The molecule has 4 heteroatoms. The molecule has 2 aromatic rings. The highest BCUT2D eigenvalue weighted by Crippen LogP contribution is 2.22. The number of nitrogens with zero attached hydrogens (tertiary/aromatic N) is 2. The minimum atomic E-state index is -0.347. The highest BCUT2D eigenvalue weighted by Gasteiger charge is 2.21. The van der Waals surface area contributed by atoms with Gasteiger partial charge in [0.15, 0.2) is 5.78 Å². The van der Waals surface area contributed by atoms with E-state index in [2.05, 4.69) is 22.0 Å². The van der Waals surface area contributed by atoms with Gasteiger partial charge in [-0.1, -0.05) is 40.2 Å². The van der Waals surface area contributed by atoms with Gasteiger partial charge in [0, 0.05) is 17.1 Å². The van der Waals surface area contributed by atoms with Crippen LogP contribution in [0.4, 0.5) is 5.69 Å². The summed E-state index contributed by atoms with van der Waals surface area (Å²) in [6, 6.07) is 16.4. The summed E-state index contributed by atoms with van der Waals surface area (Å²) in [6.45, 7) is 1.85. The highest BCUT2D eigenvalue weighted by molar-refractivity contribution is 9.10. The third-order valence-corrected chi connectivity index (χ3v) is 4.02. The molecule has 1 atom stereocenters. The van der Waals surface area contributed by atoms with E-state index in [1.165, 1.54) is 0 Å². The van der Waals surface area contributed by atoms with E-state index in [1.54, 1.807) is 18.2 Å². The maximum absolute atomic E-state index is 12.5. The molecule has 21 heavy (non-hydrogen) atoms. The van der Waals surface area contributed by atoms with Crippen LogP contribution in [0.3, 0.4) is 0 Å². The fraction of sp³-hybridized carbons (Fsp3) is 0.176. The Balaban J connectivity index is 2.27. The van der Waals surface area contributed by atoms with Crippen molar-refractivity contribution in [2.45, 2.75) is 13.0 Å². The third kappa shape index (κ3) is 3.32. The number of hydrogen-bond acceptors (Lipinski definition) is 3. The number of ketones is 1. The SMILES string of the molecule is CC(C(=O)c1ccc(Br)cc1)N(C)c1ccccc1C#N. The molecule has 0 bridgehead atoms. The van der Waals surface area contributed by atoms with Crippen LogP contribution < -0.4 is 4.90 Å². The van der Waals surface area contributed by atoms with E-state index >= 15 is 0 Å². The van der Waals surface area contributed by atoms with Gasteiger partial charge in [-0.2, -0.15) is 5.26 Å². The zero-order valence-electron chi connectivity index (χ0n) is 11.9. The maximum atomic E-state index is 12.5. The molecule has 0 saturated carbocycles. The van der Waals surface area contributed by atoms with Gasteiger partial charge in [-0.15, -0.1) is 0 Å². The molecule has 0 aliphatic heterocycles. The summed E-state index contributed by atoms with van der Waals surface area (Å²) in [6.07, 6.45) is 0. The Hall–Kier alpha value is -2.12. The molecule has 0 fully saturated rings. The summed E-state index contributed by atoms with van der Waals surface area (Å²) in [7, 11) is 1.83. The van der Waals surface area contributed by atoms with Gasteiger partial charge in [0.2, 0.25) is 0 Å². The molecule has 0 aliphatic carbocycles. The lowest BCUT2D eigenvalue weighted by Crippen LogP contribution is -2.36. The number of para-hydroxylation sites is 1. The van der Waals surface area contributed by atoms with Crippen molar-refractivity contribution in [1.82, 2.24) is 0 Å². The van der Waals surface area contributed by atoms with Crippen molar-refractivity contribution in [3.63, 3.8) is 0 Å². The molecule has 0 N–H and O–H groups in total. The van der Waals surface area contributed by atoms with Gasteiger partial charge < -0.3 is 4.90 Å². The van der Waals surface area contributed by atoms with Crippen LogP contribution in [0.5, 0.6) is 0 Å². The number of nitriles is 1. The van der Waals surface area contributed by atoms with Crippen LogP contribution in [0.25, 0.3) is 0 Å². The standard InChI is InChI=1S/C17H15BrN2O/c1-12(17(21)13-7-9-15(18)10-8-13)20(2)16-6-4-3-5-14(16)11-19/h3-10,12H,1-2H3. The largest absolute Gasteiger partial charge is 0.363 e. The molecular formula is C17H15BrN2O. The topological polar surface area (TPSA) is 44.1 Å². The first-order valence-electron chi connectivity index (χ1n) is 6.56. The van der Waals surface area contributed by atoms with E-state index in [1.807, 2.05) is 49.2 Å². The Morgan fingerprint density at radius 1 is 1.19 bits per heavy atom. The van der Waals surface area contributed by atoms with Crippen molar-refractivity contribution >= 4 is 27.4 Å². The molecule has 0 aliphatic rings. The van der Waals surface area contributed by atoms with Crippen molar-refractivity contribution < 1.29 is 4.79 Å². The molecule has 0 spiro atoms. The summed E-state index contributed by atoms with van der Waals surface area (Å²) >= 11 is 3.36. The van der Waals surface area contributed by atoms with Crippen molar-refractivity contribution in [2.24, 2.45) is 0 Å². The second-order valence-electron chi connectivity index (χ2n) is 4.79. The second-order valence-corrected chi connectivity index (χ2v) is 5.70. The number of halogens is 1. The summed E-state index contributed by atoms with van der Waals surface area (Å²) < 4.78 is 0.940. The lowest BCUT2D eigenvalue weighted by molar-refractivity contribution is 0.0966. The van der Waals surface area contributed by atoms with E-state index in [4.69, 9.17) is 5.26 Å². The van der Waals surface area contributed by atoms with Crippen LogP contribution in [0.1, 0.15) is 22.8 Å². The lowest BCUT2D eigenvalue weighted by Gasteiger charge is -2.26. The molecule has 3 nitrogen and oxygen atoms in total. The van der Waals surface area contributed by atoms with Crippen molar-refractivity contribution in [3.8, 4) is 6.07 Å². The monoisotopic (exact) mass is 342 g/mol. The molecule has 0 aromatic heterocycles. The average Bonchev–Trinajstić information content (AvgIpc) is 2.53. The van der Waals surface area contributed by atoms with E-state index in [9.17, 15) is 4.79 Å². The molecule has 0 radical (unpaired) electrons. The van der Waals surface area contributed by atoms with Crippen LogP contribution in [0.2, 0.25) is 0 Å². The van der Waals surface area contributed by atoms with E-state index in [-0.39, 0.29) is 11.8 Å². The highest BCUT2D eigenvalue weighted by atomic mass is 79.9. The number of carbonyl (C=O) groups is 1. The summed E-state index contributed by atoms with van der Waals surface area (Å²) in [5.41, 5.74) is 1.99. The Labute approximate surface area is 132 Å². The molecule has 0 heterocycles. The molecule has 106 valence electrons. The van der Waals surface area contributed by atoms with Gasteiger partial charge in [0.25, 0.3) is 0 Å². The Bertz CT molecular complexity index is 689. The molecule has 0 amide bonds. The minimum Gasteiger partial charge on any atom is -0.363 e. The molecule has 1 unspecified atom stereocenters. The normalized spacial score (nSPS) is 11.5. The van der Waals surface area contributed by atoms with Crippen molar-refractivity contribution in [2.75, 3.05) is 11.9 Å². The van der Waals surface area contributed by atoms with Gasteiger partial charge in [0.1, 0.15) is 6.07 Å². The fourth-order valence-corrected chi connectivity index (χ4v) is 2.38. The van der Waals surface area contributed by atoms with Gasteiger partial charge in [-0.25, -0.2) is 0 Å². The van der Waals surface area contributed by atoms with E-state index < -0.39 is 0 Å². The number of likely N-dealkylation sites (N-methyl/N-ethyl adjacent to an activating group) is 1. The van der Waals surface area contributed by atoms with Gasteiger partial charge in [-0.05, 0) is 31.2 Å². The van der Waals surface area contributed by atoms with Crippen molar-refractivity contribution in [3.05, 3.63) is 64.1 Å². The maximum Gasteiger partial charge on any atom is 0.184 e. The second kappa shape index (κ2) is 6.55. The van der Waals surface area contributed by atoms with Gasteiger partial charge >= 0.3 is 0 Å². The average molecular weight is 343 g/mol. The molecule has 0 saturated heterocycles. The number of Topliss-reactive ketones (excluding diaryl/α,β-unsaturated/α-hetero) is 1. The van der Waals surface area contributed by atoms with Gasteiger partial charge in [-0.3, -0.25) is 4.79 Å². The van der Waals surface area contributed by atoms with Crippen LogP contribution in [-0.2, 0) is 0 Å². The zero-order chi connectivity index (χ0) is 15.4. The Kier molecular flexibility index (Phi) is 4.77. The number of anilines is 1.